The van der Waals surface area contributed by atoms with Crippen LogP contribution in [-0.2, 0) is 6.42 Å². The second-order valence-electron chi connectivity index (χ2n) is 5.37. The van der Waals surface area contributed by atoms with Gasteiger partial charge in [-0.3, -0.25) is 0 Å². The Labute approximate surface area is 130 Å². The highest BCUT2D eigenvalue weighted by atomic mass is 35.5. The average molecular weight is 308 g/mol. The SMILES string of the molecule is CC(C)c1ccc(C(N)Cc2cc(Cl)ccc2Cl)cc1. The second kappa shape index (κ2) is 6.62. The molecule has 106 valence electrons. The molecule has 0 fully saturated rings. The van der Waals surface area contributed by atoms with E-state index in [1.54, 1.807) is 6.07 Å². The van der Waals surface area contributed by atoms with E-state index in [9.17, 15) is 0 Å². The van der Waals surface area contributed by atoms with E-state index in [-0.39, 0.29) is 6.04 Å². The van der Waals surface area contributed by atoms with Crippen LogP contribution in [-0.4, -0.2) is 0 Å². The van der Waals surface area contributed by atoms with Crippen molar-refractivity contribution in [3.05, 3.63) is 69.2 Å². The third-order valence-electron chi connectivity index (χ3n) is 3.48. The number of halogens is 2. The van der Waals surface area contributed by atoms with E-state index in [2.05, 4.69) is 38.1 Å². The van der Waals surface area contributed by atoms with Crippen LogP contribution < -0.4 is 5.73 Å². The summed E-state index contributed by atoms with van der Waals surface area (Å²) >= 11 is 12.2. The number of benzene rings is 2. The van der Waals surface area contributed by atoms with Gasteiger partial charge in [0, 0.05) is 16.1 Å². The van der Waals surface area contributed by atoms with Gasteiger partial charge in [-0.1, -0.05) is 61.3 Å². The zero-order valence-electron chi connectivity index (χ0n) is 11.7. The van der Waals surface area contributed by atoms with E-state index in [1.165, 1.54) is 5.56 Å². The molecule has 2 N–H and O–H groups in total. The summed E-state index contributed by atoms with van der Waals surface area (Å²) in [5.74, 6) is 0.530. The lowest BCUT2D eigenvalue weighted by Gasteiger charge is -2.15. The lowest BCUT2D eigenvalue weighted by molar-refractivity contribution is 0.720. The molecule has 0 saturated heterocycles. The molecule has 3 heteroatoms. The highest BCUT2D eigenvalue weighted by Crippen LogP contribution is 2.26. The van der Waals surface area contributed by atoms with Gasteiger partial charge in [0.1, 0.15) is 0 Å². The topological polar surface area (TPSA) is 26.0 Å². The van der Waals surface area contributed by atoms with Gasteiger partial charge < -0.3 is 5.73 Å². The Hall–Kier alpha value is -1.02. The highest BCUT2D eigenvalue weighted by Gasteiger charge is 2.10. The Bertz CT molecular complexity index is 576. The summed E-state index contributed by atoms with van der Waals surface area (Å²) in [6, 6.07) is 13.9. The average Bonchev–Trinajstić information content (AvgIpc) is 2.43. The number of hydrogen-bond acceptors (Lipinski definition) is 1. The molecular formula is C17H19Cl2N. The van der Waals surface area contributed by atoms with Crippen molar-refractivity contribution in [1.29, 1.82) is 0 Å². The van der Waals surface area contributed by atoms with Gasteiger partial charge in [0.25, 0.3) is 0 Å². The number of rotatable bonds is 4. The van der Waals surface area contributed by atoms with Crippen LogP contribution in [0.4, 0.5) is 0 Å². The molecule has 0 aliphatic carbocycles. The van der Waals surface area contributed by atoms with Gasteiger partial charge in [-0.2, -0.15) is 0 Å². The minimum absolute atomic E-state index is 0.0767. The second-order valence-corrected chi connectivity index (χ2v) is 6.21. The molecule has 0 heterocycles. The van der Waals surface area contributed by atoms with Gasteiger partial charge >= 0.3 is 0 Å². The van der Waals surface area contributed by atoms with E-state index in [4.69, 9.17) is 28.9 Å². The summed E-state index contributed by atoms with van der Waals surface area (Å²) < 4.78 is 0. The fourth-order valence-electron chi connectivity index (χ4n) is 2.18. The zero-order valence-corrected chi connectivity index (χ0v) is 13.2. The van der Waals surface area contributed by atoms with Crippen molar-refractivity contribution < 1.29 is 0 Å². The van der Waals surface area contributed by atoms with Crippen molar-refractivity contribution in [1.82, 2.24) is 0 Å². The predicted molar refractivity (Wildman–Crippen MR) is 87.6 cm³/mol. The van der Waals surface area contributed by atoms with Gasteiger partial charge in [0.05, 0.1) is 0 Å². The first kappa shape index (κ1) is 15.4. The molecule has 2 aromatic carbocycles. The van der Waals surface area contributed by atoms with Crippen molar-refractivity contribution in [2.24, 2.45) is 5.73 Å². The van der Waals surface area contributed by atoms with Gasteiger partial charge in [-0.15, -0.1) is 0 Å². The van der Waals surface area contributed by atoms with E-state index in [0.717, 1.165) is 11.1 Å². The maximum atomic E-state index is 6.27. The molecule has 1 atom stereocenters. The first-order valence-corrected chi connectivity index (χ1v) is 7.52. The molecule has 0 aliphatic rings. The van der Waals surface area contributed by atoms with E-state index < -0.39 is 0 Å². The fraction of sp³-hybridized carbons (Fsp3) is 0.294. The van der Waals surface area contributed by atoms with E-state index >= 15 is 0 Å². The van der Waals surface area contributed by atoms with Crippen molar-refractivity contribution in [3.8, 4) is 0 Å². The monoisotopic (exact) mass is 307 g/mol. The van der Waals surface area contributed by atoms with Gasteiger partial charge in [-0.25, -0.2) is 0 Å². The standard InChI is InChI=1S/C17H19Cl2N/c1-11(2)12-3-5-13(6-4-12)17(20)10-14-9-15(18)7-8-16(14)19/h3-9,11,17H,10,20H2,1-2H3. The van der Waals surface area contributed by atoms with Crippen LogP contribution in [0.2, 0.25) is 10.0 Å². The molecule has 0 bridgehead atoms. The van der Waals surface area contributed by atoms with Crippen molar-refractivity contribution in [2.45, 2.75) is 32.2 Å². The van der Waals surface area contributed by atoms with Crippen LogP contribution in [0.5, 0.6) is 0 Å². The quantitative estimate of drug-likeness (QED) is 0.808. The predicted octanol–water partition coefficient (Wildman–Crippen LogP) is 5.36. The fourth-order valence-corrected chi connectivity index (χ4v) is 2.57. The molecule has 0 radical (unpaired) electrons. The van der Waals surface area contributed by atoms with Gasteiger partial charge in [0.2, 0.25) is 0 Å². The largest absolute Gasteiger partial charge is 0.324 e. The summed E-state index contributed by atoms with van der Waals surface area (Å²) in [5, 5.41) is 1.40. The molecule has 1 nitrogen and oxygen atoms in total. The molecule has 2 rings (SSSR count). The molecule has 0 aromatic heterocycles. The molecule has 0 aliphatic heterocycles. The third kappa shape index (κ3) is 3.76. The van der Waals surface area contributed by atoms with Crippen LogP contribution in [0.25, 0.3) is 0 Å². The van der Waals surface area contributed by atoms with Crippen LogP contribution in [0.1, 0.15) is 42.5 Å². The van der Waals surface area contributed by atoms with Crippen LogP contribution in [0.15, 0.2) is 42.5 Å². The Kier molecular flexibility index (Phi) is 5.09. The molecule has 0 amide bonds. The summed E-state index contributed by atoms with van der Waals surface area (Å²) in [7, 11) is 0. The number of hydrogen-bond donors (Lipinski definition) is 1. The molecule has 2 aromatic rings. The molecule has 0 spiro atoms. The first-order valence-electron chi connectivity index (χ1n) is 6.76. The summed E-state index contributed by atoms with van der Waals surface area (Å²) in [6.07, 6.45) is 0.681. The van der Waals surface area contributed by atoms with Crippen molar-refractivity contribution in [2.75, 3.05) is 0 Å². The normalized spacial score (nSPS) is 12.7. The van der Waals surface area contributed by atoms with Crippen molar-refractivity contribution >= 4 is 23.2 Å². The molecule has 20 heavy (non-hydrogen) atoms. The maximum Gasteiger partial charge on any atom is 0.0439 e. The molecule has 0 saturated carbocycles. The smallest absolute Gasteiger partial charge is 0.0439 e. The van der Waals surface area contributed by atoms with Crippen LogP contribution >= 0.6 is 23.2 Å². The summed E-state index contributed by atoms with van der Waals surface area (Å²) in [4.78, 5) is 0. The lowest BCUT2D eigenvalue weighted by atomic mass is 9.96. The van der Waals surface area contributed by atoms with Gasteiger partial charge in [-0.05, 0) is 47.2 Å². The molecule has 1 unspecified atom stereocenters. The Balaban J connectivity index is 2.15. The maximum absolute atomic E-state index is 6.27. The Morgan fingerprint density at radius 1 is 0.950 bits per heavy atom. The van der Waals surface area contributed by atoms with Crippen molar-refractivity contribution in [3.63, 3.8) is 0 Å². The van der Waals surface area contributed by atoms with Crippen LogP contribution in [0, 0.1) is 0 Å². The zero-order chi connectivity index (χ0) is 14.7. The Morgan fingerprint density at radius 3 is 2.15 bits per heavy atom. The summed E-state index contributed by atoms with van der Waals surface area (Å²) in [6.45, 7) is 4.36. The van der Waals surface area contributed by atoms with E-state index in [0.29, 0.717) is 22.4 Å². The minimum Gasteiger partial charge on any atom is -0.324 e. The highest BCUT2D eigenvalue weighted by molar-refractivity contribution is 6.33. The molecular weight excluding hydrogens is 289 g/mol. The first-order chi connectivity index (χ1) is 9.47. The number of nitrogens with two attached hydrogens (primary N) is 1. The lowest BCUT2D eigenvalue weighted by Crippen LogP contribution is -2.13. The third-order valence-corrected chi connectivity index (χ3v) is 4.08. The van der Waals surface area contributed by atoms with Crippen LogP contribution in [0.3, 0.4) is 0 Å². The van der Waals surface area contributed by atoms with Gasteiger partial charge in [0.15, 0.2) is 0 Å². The van der Waals surface area contributed by atoms with E-state index in [1.807, 2.05) is 12.1 Å². The minimum atomic E-state index is -0.0767. The Morgan fingerprint density at radius 2 is 1.55 bits per heavy atom. The summed E-state index contributed by atoms with van der Waals surface area (Å²) in [5.41, 5.74) is 9.69.